The van der Waals surface area contributed by atoms with Crippen molar-refractivity contribution >= 4 is 11.3 Å². The Morgan fingerprint density at radius 3 is 3.00 bits per heavy atom. The standard InChI is InChI=1S/C12H17N3OS/c1-3-10-4-5-11(17-10)9(2)13-7-6-12-14-8-16-15-12/h4-5,8-9,13H,3,6-7H2,1-2H3. The normalized spacial score (nSPS) is 12.8. The molecule has 1 N–H and O–H groups in total. The van der Waals surface area contributed by atoms with Gasteiger partial charge in [0.05, 0.1) is 0 Å². The molecule has 2 heterocycles. The van der Waals surface area contributed by atoms with Gasteiger partial charge in [0.2, 0.25) is 6.39 Å². The molecule has 0 aliphatic heterocycles. The minimum absolute atomic E-state index is 0.382. The zero-order chi connectivity index (χ0) is 12.1. The fraction of sp³-hybridized carbons (Fsp3) is 0.500. The zero-order valence-corrected chi connectivity index (χ0v) is 11.0. The highest BCUT2D eigenvalue weighted by atomic mass is 32.1. The lowest BCUT2D eigenvalue weighted by Crippen LogP contribution is -2.20. The predicted molar refractivity (Wildman–Crippen MR) is 68.1 cm³/mol. The van der Waals surface area contributed by atoms with Gasteiger partial charge in [0.1, 0.15) is 0 Å². The minimum Gasteiger partial charge on any atom is -0.343 e. The molecule has 0 radical (unpaired) electrons. The number of hydrogen-bond acceptors (Lipinski definition) is 5. The van der Waals surface area contributed by atoms with Gasteiger partial charge in [-0.05, 0) is 25.5 Å². The van der Waals surface area contributed by atoms with Crippen molar-refractivity contribution in [3.05, 3.63) is 34.1 Å². The average molecular weight is 251 g/mol. The Hall–Kier alpha value is -1.20. The lowest BCUT2D eigenvalue weighted by atomic mass is 10.2. The Labute approximate surface area is 105 Å². The number of aryl methyl sites for hydroxylation is 1. The second kappa shape index (κ2) is 5.93. The SMILES string of the molecule is CCc1ccc(C(C)NCCc2ncon2)s1. The Kier molecular flexibility index (Phi) is 4.28. The second-order valence-corrected chi connectivity index (χ2v) is 5.13. The summed E-state index contributed by atoms with van der Waals surface area (Å²) in [5.41, 5.74) is 0. The quantitative estimate of drug-likeness (QED) is 0.857. The van der Waals surface area contributed by atoms with E-state index in [1.807, 2.05) is 11.3 Å². The first-order valence-corrected chi connectivity index (χ1v) is 6.68. The molecule has 0 bridgehead atoms. The second-order valence-electron chi connectivity index (χ2n) is 3.93. The topological polar surface area (TPSA) is 51.0 Å². The molecule has 2 rings (SSSR count). The molecule has 0 fully saturated rings. The van der Waals surface area contributed by atoms with Gasteiger partial charge in [-0.3, -0.25) is 0 Å². The van der Waals surface area contributed by atoms with E-state index in [9.17, 15) is 0 Å². The maximum Gasteiger partial charge on any atom is 0.213 e. The highest BCUT2D eigenvalue weighted by Gasteiger charge is 2.08. The van der Waals surface area contributed by atoms with Gasteiger partial charge in [0.25, 0.3) is 0 Å². The summed E-state index contributed by atoms with van der Waals surface area (Å²) in [5.74, 6) is 0.755. The van der Waals surface area contributed by atoms with E-state index in [0.29, 0.717) is 6.04 Å². The maximum absolute atomic E-state index is 4.69. The molecule has 0 amide bonds. The molecule has 0 saturated carbocycles. The van der Waals surface area contributed by atoms with E-state index in [2.05, 4.69) is 46.0 Å². The summed E-state index contributed by atoms with van der Waals surface area (Å²) in [7, 11) is 0. The van der Waals surface area contributed by atoms with Crippen LogP contribution in [0.3, 0.4) is 0 Å². The summed E-state index contributed by atoms with van der Waals surface area (Å²) >= 11 is 1.88. The molecule has 0 saturated heterocycles. The van der Waals surface area contributed by atoms with Crippen LogP contribution in [0.15, 0.2) is 23.0 Å². The predicted octanol–water partition coefficient (Wildman–Crippen LogP) is 2.59. The van der Waals surface area contributed by atoms with Gasteiger partial charge < -0.3 is 9.84 Å². The van der Waals surface area contributed by atoms with Crippen LogP contribution in [0.4, 0.5) is 0 Å². The van der Waals surface area contributed by atoms with Crippen LogP contribution < -0.4 is 5.32 Å². The van der Waals surface area contributed by atoms with Crippen molar-refractivity contribution in [1.29, 1.82) is 0 Å². The number of nitrogens with zero attached hydrogens (tertiary/aromatic N) is 2. The number of nitrogens with one attached hydrogen (secondary N) is 1. The molecule has 0 aliphatic carbocycles. The van der Waals surface area contributed by atoms with Crippen molar-refractivity contribution < 1.29 is 4.52 Å². The molecule has 4 nitrogen and oxygen atoms in total. The molecule has 0 spiro atoms. The van der Waals surface area contributed by atoms with Crippen LogP contribution in [0.1, 0.15) is 35.5 Å². The zero-order valence-electron chi connectivity index (χ0n) is 10.1. The van der Waals surface area contributed by atoms with E-state index >= 15 is 0 Å². The molecule has 0 aliphatic rings. The van der Waals surface area contributed by atoms with Gasteiger partial charge in [0, 0.05) is 28.8 Å². The van der Waals surface area contributed by atoms with Gasteiger partial charge >= 0.3 is 0 Å². The van der Waals surface area contributed by atoms with Gasteiger partial charge in [-0.2, -0.15) is 4.98 Å². The largest absolute Gasteiger partial charge is 0.343 e. The van der Waals surface area contributed by atoms with E-state index in [0.717, 1.165) is 25.2 Å². The van der Waals surface area contributed by atoms with Crippen LogP contribution >= 0.6 is 11.3 Å². The number of thiophene rings is 1. The summed E-state index contributed by atoms with van der Waals surface area (Å²) < 4.78 is 4.69. The van der Waals surface area contributed by atoms with Crippen molar-refractivity contribution in [2.75, 3.05) is 6.54 Å². The van der Waals surface area contributed by atoms with Crippen molar-refractivity contribution in [1.82, 2.24) is 15.5 Å². The first-order valence-electron chi connectivity index (χ1n) is 5.87. The Morgan fingerprint density at radius 2 is 2.35 bits per heavy atom. The van der Waals surface area contributed by atoms with Crippen LogP contribution in [-0.2, 0) is 12.8 Å². The third kappa shape index (κ3) is 3.38. The maximum atomic E-state index is 4.69. The molecule has 1 unspecified atom stereocenters. The Morgan fingerprint density at radius 1 is 1.47 bits per heavy atom. The van der Waals surface area contributed by atoms with Crippen molar-refractivity contribution in [2.45, 2.75) is 32.7 Å². The Bertz CT molecular complexity index is 438. The minimum atomic E-state index is 0.382. The summed E-state index contributed by atoms with van der Waals surface area (Å²) in [5, 5.41) is 7.24. The van der Waals surface area contributed by atoms with Crippen LogP contribution in [0.25, 0.3) is 0 Å². The lowest BCUT2D eigenvalue weighted by Gasteiger charge is -2.10. The van der Waals surface area contributed by atoms with Crippen molar-refractivity contribution in [3.8, 4) is 0 Å². The molecular formula is C12H17N3OS. The van der Waals surface area contributed by atoms with Crippen LogP contribution in [-0.4, -0.2) is 16.7 Å². The highest BCUT2D eigenvalue weighted by molar-refractivity contribution is 7.12. The van der Waals surface area contributed by atoms with E-state index in [1.54, 1.807) is 0 Å². The Balaban J connectivity index is 1.78. The molecule has 2 aromatic heterocycles. The van der Waals surface area contributed by atoms with Gasteiger partial charge in [-0.1, -0.05) is 12.1 Å². The molecular weight excluding hydrogens is 234 g/mol. The summed E-state index contributed by atoms with van der Waals surface area (Å²) in [6, 6.07) is 4.79. The van der Waals surface area contributed by atoms with E-state index in [1.165, 1.54) is 16.1 Å². The monoisotopic (exact) mass is 251 g/mol. The van der Waals surface area contributed by atoms with Gasteiger partial charge in [-0.15, -0.1) is 11.3 Å². The van der Waals surface area contributed by atoms with Crippen LogP contribution in [0.2, 0.25) is 0 Å². The van der Waals surface area contributed by atoms with E-state index in [-0.39, 0.29) is 0 Å². The first kappa shape index (κ1) is 12.3. The highest BCUT2D eigenvalue weighted by Crippen LogP contribution is 2.23. The molecule has 17 heavy (non-hydrogen) atoms. The molecule has 92 valence electrons. The average Bonchev–Trinajstić information content (AvgIpc) is 2.99. The molecule has 0 aromatic carbocycles. The fourth-order valence-electron chi connectivity index (χ4n) is 1.62. The molecule has 5 heteroatoms. The first-order chi connectivity index (χ1) is 8.29. The summed E-state index contributed by atoms with van der Waals surface area (Å²) in [6.45, 7) is 5.23. The van der Waals surface area contributed by atoms with E-state index in [4.69, 9.17) is 0 Å². The summed E-state index contributed by atoms with van der Waals surface area (Å²) in [6.07, 6.45) is 3.28. The van der Waals surface area contributed by atoms with Gasteiger partial charge in [0.15, 0.2) is 5.82 Å². The summed E-state index contributed by atoms with van der Waals surface area (Å²) in [4.78, 5) is 6.81. The van der Waals surface area contributed by atoms with Crippen molar-refractivity contribution in [3.63, 3.8) is 0 Å². The molecule has 1 atom stereocenters. The van der Waals surface area contributed by atoms with E-state index < -0.39 is 0 Å². The fourth-order valence-corrected chi connectivity index (χ4v) is 2.60. The number of rotatable bonds is 6. The third-order valence-corrected chi connectivity index (χ3v) is 4.08. The smallest absolute Gasteiger partial charge is 0.213 e. The van der Waals surface area contributed by atoms with Crippen molar-refractivity contribution in [2.24, 2.45) is 0 Å². The van der Waals surface area contributed by atoms with Crippen LogP contribution in [0.5, 0.6) is 0 Å². The van der Waals surface area contributed by atoms with Gasteiger partial charge in [-0.25, -0.2) is 0 Å². The molecule has 2 aromatic rings. The third-order valence-electron chi connectivity index (χ3n) is 2.66. The number of hydrogen-bond donors (Lipinski definition) is 1. The number of aromatic nitrogens is 2. The van der Waals surface area contributed by atoms with Crippen LogP contribution in [0, 0.1) is 0 Å². The lowest BCUT2D eigenvalue weighted by molar-refractivity contribution is 0.408.